The molecule has 1 aromatic carbocycles. The summed E-state index contributed by atoms with van der Waals surface area (Å²) in [7, 11) is 1.70. The number of ether oxygens (including phenoxy) is 1. The van der Waals surface area contributed by atoms with Crippen molar-refractivity contribution < 1.29 is 4.74 Å². The molecule has 1 aliphatic rings. The van der Waals surface area contributed by atoms with Gasteiger partial charge in [0.15, 0.2) is 0 Å². The third-order valence-electron chi connectivity index (χ3n) is 3.85. The zero-order valence-corrected chi connectivity index (χ0v) is 13.6. The fourth-order valence-corrected chi connectivity index (χ4v) is 3.75. The Bertz CT molecular complexity index is 666. The molecule has 2 aromatic rings. The summed E-state index contributed by atoms with van der Waals surface area (Å²) in [5, 5.41) is 2.18. The minimum atomic E-state index is 0.428. The molecule has 3 nitrogen and oxygen atoms in total. The van der Waals surface area contributed by atoms with E-state index in [1.54, 1.807) is 7.11 Å². The van der Waals surface area contributed by atoms with E-state index in [1.807, 2.05) is 29.5 Å². The molecule has 1 aliphatic heterocycles. The smallest absolute Gasteiger partial charge is 0.123 e. The van der Waals surface area contributed by atoms with Crippen molar-refractivity contribution in [3.63, 3.8) is 0 Å². The monoisotopic (exact) mass is 318 g/mol. The second kappa shape index (κ2) is 6.13. The van der Waals surface area contributed by atoms with Crippen LogP contribution < -0.4 is 10.5 Å². The highest BCUT2D eigenvalue weighted by atomic mass is 32.1. The molecule has 110 valence electrons. The Hall–Kier alpha value is -1.43. The molecule has 0 spiro atoms. The quantitative estimate of drug-likeness (QED) is 0.880. The van der Waals surface area contributed by atoms with Crippen molar-refractivity contribution in [3.8, 4) is 5.75 Å². The minimum absolute atomic E-state index is 0.428. The number of thiocarbonyl (C=S) groups is 1. The van der Waals surface area contributed by atoms with E-state index in [0.29, 0.717) is 4.99 Å². The number of nitrogens with two attached hydrogens (primary N) is 1. The highest BCUT2D eigenvalue weighted by molar-refractivity contribution is 7.80. The maximum absolute atomic E-state index is 5.74. The standard InChI is InChI=1S/C16H18N2OS2/c1-19-14-3-2-11(16(17)20)8-13(14)10-18-6-4-15-12(9-18)5-7-21-15/h2-3,5,7-8H,4,6,9-10H2,1H3,(H2,17,20). The zero-order chi connectivity index (χ0) is 14.8. The van der Waals surface area contributed by atoms with Crippen LogP contribution in [0, 0.1) is 0 Å². The van der Waals surface area contributed by atoms with Crippen molar-refractivity contribution in [2.75, 3.05) is 13.7 Å². The van der Waals surface area contributed by atoms with Gasteiger partial charge in [0.05, 0.1) is 7.11 Å². The molecule has 0 saturated heterocycles. The largest absolute Gasteiger partial charge is 0.496 e. The van der Waals surface area contributed by atoms with Gasteiger partial charge in [-0.05, 0) is 41.6 Å². The van der Waals surface area contributed by atoms with Crippen LogP contribution in [0.25, 0.3) is 0 Å². The van der Waals surface area contributed by atoms with Gasteiger partial charge in [0.2, 0.25) is 0 Å². The lowest BCUT2D eigenvalue weighted by molar-refractivity contribution is 0.243. The molecular formula is C16H18N2OS2. The van der Waals surface area contributed by atoms with Gasteiger partial charge in [-0.15, -0.1) is 11.3 Å². The molecule has 0 saturated carbocycles. The number of thiophene rings is 1. The average Bonchev–Trinajstić information content (AvgIpc) is 2.94. The zero-order valence-electron chi connectivity index (χ0n) is 12.0. The van der Waals surface area contributed by atoms with Gasteiger partial charge in [-0.3, -0.25) is 4.90 Å². The molecule has 2 N–H and O–H groups in total. The molecular weight excluding hydrogens is 300 g/mol. The van der Waals surface area contributed by atoms with Crippen molar-refractivity contribution in [2.45, 2.75) is 19.5 Å². The molecule has 21 heavy (non-hydrogen) atoms. The number of hydrogen-bond acceptors (Lipinski definition) is 4. The van der Waals surface area contributed by atoms with Crippen molar-refractivity contribution in [2.24, 2.45) is 5.73 Å². The molecule has 0 aliphatic carbocycles. The van der Waals surface area contributed by atoms with Gasteiger partial charge in [0.25, 0.3) is 0 Å². The Balaban J connectivity index is 1.81. The summed E-state index contributed by atoms with van der Waals surface area (Å²) in [6.07, 6.45) is 1.13. The van der Waals surface area contributed by atoms with Crippen molar-refractivity contribution >= 4 is 28.5 Å². The van der Waals surface area contributed by atoms with Gasteiger partial charge in [0.1, 0.15) is 10.7 Å². The lowest BCUT2D eigenvalue weighted by Crippen LogP contribution is -2.29. The highest BCUT2D eigenvalue weighted by Gasteiger charge is 2.18. The summed E-state index contributed by atoms with van der Waals surface area (Å²) < 4.78 is 5.47. The highest BCUT2D eigenvalue weighted by Crippen LogP contribution is 2.27. The average molecular weight is 318 g/mol. The summed E-state index contributed by atoms with van der Waals surface area (Å²) >= 11 is 6.93. The van der Waals surface area contributed by atoms with Gasteiger partial charge in [-0.1, -0.05) is 12.2 Å². The maximum atomic E-state index is 5.74. The third-order valence-corrected chi connectivity index (χ3v) is 5.10. The SMILES string of the molecule is COc1ccc(C(N)=S)cc1CN1CCc2sccc2C1. The molecule has 0 atom stereocenters. The summed E-state index contributed by atoms with van der Waals surface area (Å²) in [4.78, 5) is 4.39. The van der Waals surface area contributed by atoms with Crippen LogP contribution in [0.1, 0.15) is 21.6 Å². The van der Waals surface area contributed by atoms with Crippen LogP contribution in [-0.2, 0) is 19.5 Å². The molecule has 5 heteroatoms. The van der Waals surface area contributed by atoms with Crippen molar-refractivity contribution in [3.05, 3.63) is 51.2 Å². The number of hydrogen-bond donors (Lipinski definition) is 1. The van der Waals surface area contributed by atoms with Crippen LogP contribution >= 0.6 is 23.6 Å². The predicted octanol–water partition coefficient (Wildman–Crippen LogP) is 2.95. The number of methoxy groups -OCH3 is 1. The van der Waals surface area contributed by atoms with E-state index < -0.39 is 0 Å². The Morgan fingerprint density at radius 3 is 3.05 bits per heavy atom. The van der Waals surface area contributed by atoms with Crippen molar-refractivity contribution in [1.29, 1.82) is 0 Å². The fourth-order valence-electron chi connectivity index (χ4n) is 2.74. The summed E-state index contributed by atoms with van der Waals surface area (Å²) in [5.41, 5.74) is 9.23. The lowest BCUT2D eigenvalue weighted by atomic mass is 10.1. The molecule has 1 aromatic heterocycles. The predicted molar refractivity (Wildman–Crippen MR) is 91.0 cm³/mol. The molecule has 0 unspecified atom stereocenters. The third kappa shape index (κ3) is 3.10. The Labute approximate surface area is 134 Å². The van der Waals surface area contributed by atoms with Crippen LogP contribution in [0.3, 0.4) is 0 Å². The second-order valence-corrected chi connectivity index (χ2v) is 6.66. The van der Waals surface area contributed by atoms with Crippen LogP contribution in [0.5, 0.6) is 5.75 Å². The van der Waals surface area contributed by atoms with E-state index in [9.17, 15) is 0 Å². The normalized spacial score (nSPS) is 14.7. The maximum Gasteiger partial charge on any atom is 0.123 e. The number of rotatable bonds is 4. The summed E-state index contributed by atoms with van der Waals surface area (Å²) in [6, 6.07) is 8.14. The first-order valence-corrected chi connectivity index (χ1v) is 8.20. The Kier molecular flexibility index (Phi) is 4.24. The molecule has 0 radical (unpaired) electrons. The van der Waals surface area contributed by atoms with Crippen LogP contribution in [-0.4, -0.2) is 23.5 Å². The van der Waals surface area contributed by atoms with Crippen LogP contribution in [0.2, 0.25) is 0 Å². The fraction of sp³-hybridized carbons (Fsp3) is 0.312. The van der Waals surface area contributed by atoms with E-state index >= 15 is 0 Å². The van der Waals surface area contributed by atoms with Gasteiger partial charge >= 0.3 is 0 Å². The van der Waals surface area contributed by atoms with Gasteiger partial charge < -0.3 is 10.5 Å². The number of fused-ring (bicyclic) bond motifs is 1. The summed E-state index contributed by atoms with van der Waals surface area (Å²) in [6.45, 7) is 2.93. The molecule has 0 fully saturated rings. The second-order valence-electron chi connectivity index (χ2n) is 5.22. The van der Waals surface area contributed by atoms with Gasteiger partial charge in [-0.25, -0.2) is 0 Å². The van der Waals surface area contributed by atoms with E-state index in [1.165, 1.54) is 10.4 Å². The molecule has 0 amide bonds. The van der Waals surface area contributed by atoms with E-state index in [-0.39, 0.29) is 0 Å². The minimum Gasteiger partial charge on any atom is -0.496 e. The van der Waals surface area contributed by atoms with Crippen LogP contribution in [0.15, 0.2) is 29.6 Å². The van der Waals surface area contributed by atoms with E-state index in [4.69, 9.17) is 22.7 Å². The van der Waals surface area contributed by atoms with Gasteiger partial charge in [-0.2, -0.15) is 0 Å². The number of nitrogens with zero attached hydrogens (tertiary/aromatic N) is 1. The first-order chi connectivity index (χ1) is 10.2. The van der Waals surface area contributed by atoms with Crippen LogP contribution in [0.4, 0.5) is 0 Å². The first kappa shape index (κ1) is 14.5. The number of benzene rings is 1. The lowest BCUT2D eigenvalue weighted by Gasteiger charge is -2.27. The Morgan fingerprint density at radius 1 is 1.43 bits per heavy atom. The molecule has 3 rings (SSSR count). The first-order valence-electron chi connectivity index (χ1n) is 6.91. The van der Waals surface area contributed by atoms with Gasteiger partial charge in [0, 0.05) is 35.6 Å². The summed E-state index contributed by atoms with van der Waals surface area (Å²) in [5.74, 6) is 0.895. The van der Waals surface area contributed by atoms with E-state index in [0.717, 1.165) is 42.9 Å². The Morgan fingerprint density at radius 2 is 2.29 bits per heavy atom. The molecule has 0 bridgehead atoms. The molecule has 2 heterocycles. The topological polar surface area (TPSA) is 38.5 Å². The van der Waals surface area contributed by atoms with E-state index in [2.05, 4.69) is 16.3 Å². The van der Waals surface area contributed by atoms with Crippen molar-refractivity contribution in [1.82, 2.24) is 4.90 Å².